The van der Waals surface area contributed by atoms with E-state index in [1.807, 2.05) is 0 Å². The Bertz CT molecular complexity index is 547. The molecule has 7 heteroatoms. The number of nitrogens with zero attached hydrogens (tertiary/aromatic N) is 1. The van der Waals surface area contributed by atoms with Crippen LogP contribution in [-0.2, 0) is 11.3 Å². The molecule has 134 valence electrons. The van der Waals surface area contributed by atoms with Gasteiger partial charge in [-0.2, -0.15) is 0 Å². The Hall–Kier alpha value is -1.76. The van der Waals surface area contributed by atoms with Crippen LogP contribution in [-0.4, -0.2) is 36.3 Å². The van der Waals surface area contributed by atoms with Crippen LogP contribution in [0.5, 0.6) is 5.75 Å². The van der Waals surface area contributed by atoms with Gasteiger partial charge in [0.15, 0.2) is 0 Å². The highest BCUT2D eigenvalue weighted by atomic mass is 19.4. The van der Waals surface area contributed by atoms with Crippen LogP contribution >= 0.6 is 0 Å². The minimum atomic E-state index is -4.75. The van der Waals surface area contributed by atoms with Gasteiger partial charge in [-0.3, -0.25) is 9.69 Å². The van der Waals surface area contributed by atoms with Gasteiger partial charge in [-0.15, -0.1) is 13.2 Å². The van der Waals surface area contributed by atoms with E-state index in [2.05, 4.69) is 21.9 Å². The van der Waals surface area contributed by atoms with Crippen molar-refractivity contribution in [3.8, 4) is 5.75 Å². The summed E-state index contributed by atoms with van der Waals surface area (Å²) in [4.78, 5) is 14.6. The van der Waals surface area contributed by atoms with E-state index in [0.29, 0.717) is 5.56 Å². The van der Waals surface area contributed by atoms with E-state index in [1.54, 1.807) is 6.07 Å². The molecule has 0 saturated carbocycles. The van der Waals surface area contributed by atoms with Crippen LogP contribution in [0.2, 0.25) is 0 Å². The Labute approximate surface area is 140 Å². The van der Waals surface area contributed by atoms with E-state index in [4.69, 9.17) is 0 Å². The highest BCUT2D eigenvalue weighted by molar-refractivity contribution is 5.81. The summed E-state index contributed by atoms with van der Waals surface area (Å²) in [7, 11) is 0. The van der Waals surface area contributed by atoms with E-state index in [0.717, 1.165) is 38.8 Å². The summed E-state index contributed by atoms with van der Waals surface area (Å²) in [6.45, 7) is 3.82. The quantitative estimate of drug-likeness (QED) is 0.859. The summed E-state index contributed by atoms with van der Waals surface area (Å²) < 4.78 is 41.3. The average Bonchev–Trinajstić information content (AvgIpc) is 2.53. The highest BCUT2D eigenvalue weighted by Crippen LogP contribution is 2.26. The first-order valence-corrected chi connectivity index (χ1v) is 8.26. The molecular weight excluding hydrogens is 321 g/mol. The Kier molecular flexibility index (Phi) is 6.48. The number of piperidine rings is 1. The van der Waals surface area contributed by atoms with Crippen LogP contribution < -0.4 is 10.1 Å². The van der Waals surface area contributed by atoms with Gasteiger partial charge in [-0.1, -0.05) is 31.5 Å². The number of alkyl halides is 3. The third-order valence-corrected chi connectivity index (χ3v) is 4.08. The molecule has 1 heterocycles. The molecule has 2 rings (SSSR count). The first kappa shape index (κ1) is 18.6. The van der Waals surface area contributed by atoms with Crippen LogP contribution in [0.15, 0.2) is 24.3 Å². The SMILES string of the molecule is CCCN1CCCCC1C(=O)NCc1ccccc1OC(F)(F)F. The summed E-state index contributed by atoms with van der Waals surface area (Å²) in [5.41, 5.74) is 0.307. The molecule has 1 fully saturated rings. The van der Waals surface area contributed by atoms with Gasteiger partial charge in [0.05, 0.1) is 6.04 Å². The molecule has 4 nitrogen and oxygen atoms in total. The topological polar surface area (TPSA) is 41.6 Å². The van der Waals surface area contributed by atoms with Gasteiger partial charge in [0.25, 0.3) is 0 Å². The van der Waals surface area contributed by atoms with Crippen molar-refractivity contribution >= 4 is 5.91 Å². The number of rotatable bonds is 6. The van der Waals surface area contributed by atoms with Gasteiger partial charge in [0, 0.05) is 12.1 Å². The van der Waals surface area contributed by atoms with E-state index >= 15 is 0 Å². The second kappa shape index (κ2) is 8.37. The minimum absolute atomic E-state index is 0.0154. The second-order valence-corrected chi connectivity index (χ2v) is 5.92. The summed E-state index contributed by atoms with van der Waals surface area (Å²) in [6.07, 6.45) is -0.932. The number of hydrogen-bond acceptors (Lipinski definition) is 3. The molecule has 1 aromatic carbocycles. The number of carbonyl (C=O) groups excluding carboxylic acids is 1. The molecule has 24 heavy (non-hydrogen) atoms. The van der Waals surface area contributed by atoms with Crippen molar-refractivity contribution < 1.29 is 22.7 Å². The smallest absolute Gasteiger partial charge is 0.405 e. The number of para-hydroxylation sites is 1. The maximum absolute atomic E-state index is 12.4. The lowest BCUT2D eigenvalue weighted by molar-refractivity contribution is -0.274. The summed E-state index contributed by atoms with van der Waals surface area (Å²) in [5, 5.41) is 2.76. The Balaban J connectivity index is 1.98. The predicted molar refractivity (Wildman–Crippen MR) is 84.5 cm³/mol. The standard InChI is InChI=1S/C17H23F3N2O2/c1-2-10-22-11-6-5-8-14(22)16(23)21-12-13-7-3-4-9-15(13)24-17(18,19)20/h3-4,7,9,14H,2,5-6,8,10-12H2,1H3,(H,21,23). The largest absolute Gasteiger partial charge is 0.573 e. The number of halogens is 3. The van der Waals surface area contributed by atoms with E-state index < -0.39 is 6.36 Å². The van der Waals surface area contributed by atoms with Crippen LogP contribution in [0.25, 0.3) is 0 Å². The summed E-state index contributed by atoms with van der Waals surface area (Å²) >= 11 is 0. The fraction of sp³-hybridized carbons (Fsp3) is 0.588. The molecule has 0 aliphatic carbocycles. The van der Waals surface area contributed by atoms with Crippen LogP contribution in [0.1, 0.15) is 38.2 Å². The lowest BCUT2D eigenvalue weighted by atomic mass is 10.0. The molecule has 1 atom stereocenters. The number of nitrogens with one attached hydrogen (secondary N) is 1. The molecule has 0 aromatic heterocycles. The van der Waals surface area contributed by atoms with E-state index in [9.17, 15) is 18.0 Å². The van der Waals surface area contributed by atoms with E-state index in [-0.39, 0.29) is 24.2 Å². The van der Waals surface area contributed by atoms with Crippen LogP contribution in [0.3, 0.4) is 0 Å². The van der Waals surface area contributed by atoms with Gasteiger partial charge in [-0.05, 0) is 38.4 Å². The molecule has 1 aliphatic rings. The predicted octanol–water partition coefficient (Wildman–Crippen LogP) is 3.47. The van der Waals surface area contributed by atoms with Gasteiger partial charge in [0.2, 0.25) is 5.91 Å². The number of ether oxygens (including phenoxy) is 1. The molecule has 1 N–H and O–H groups in total. The third-order valence-electron chi connectivity index (χ3n) is 4.08. The van der Waals surface area contributed by atoms with Crippen LogP contribution in [0.4, 0.5) is 13.2 Å². The molecule has 0 radical (unpaired) electrons. The molecular formula is C17H23F3N2O2. The zero-order valence-corrected chi connectivity index (χ0v) is 13.7. The minimum Gasteiger partial charge on any atom is -0.405 e. The Morgan fingerprint density at radius 3 is 2.79 bits per heavy atom. The first-order chi connectivity index (χ1) is 11.4. The third kappa shape index (κ3) is 5.40. The monoisotopic (exact) mass is 344 g/mol. The molecule has 1 unspecified atom stereocenters. The average molecular weight is 344 g/mol. The van der Waals surface area contributed by atoms with Crippen LogP contribution in [0, 0.1) is 0 Å². The summed E-state index contributed by atoms with van der Waals surface area (Å²) in [5.74, 6) is -0.413. The Morgan fingerprint density at radius 1 is 1.33 bits per heavy atom. The maximum Gasteiger partial charge on any atom is 0.573 e. The van der Waals surface area contributed by atoms with Crippen molar-refractivity contribution in [2.45, 2.75) is 51.6 Å². The van der Waals surface area contributed by atoms with Crippen molar-refractivity contribution in [1.29, 1.82) is 0 Å². The van der Waals surface area contributed by atoms with Crippen molar-refractivity contribution in [3.63, 3.8) is 0 Å². The fourth-order valence-corrected chi connectivity index (χ4v) is 3.02. The number of likely N-dealkylation sites (tertiary alicyclic amines) is 1. The van der Waals surface area contributed by atoms with Crippen molar-refractivity contribution in [2.24, 2.45) is 0 Å². The van der Waals surface area contributed by atoms with Crippen molar-refractivity contribution in [1.82, 2.24) is 10.2 Å². The number of carbonyl (C=O) groups is 1. The van der Waals surface area contributed by atoms with Crippen molar-refractivity contribution in [3.05, 3.63) is 29.8 Å². The number of amides is 1. The first-order valence-electron chi connectivity index (χ1n) is 8.26. The molecule has 1 saturated heterocycles. The van der Waals surface area contributed by atoms with Gasteiger partial charge in [0.1, 0.15) is 5.75 Å². The molecule has 0 spiro atoms. The van der Waals surface area contributed by atoms with Crippen molar-refractivity contribution in [2.75, 3.05) is 13.1 Å². The molecule has 1 aliphatic heterocycles. The normalized spacial score (nSPS) is 19.1. The number of hydrogen-bond donors (Lipinski definition) is 1. The number of benzene rings is 1. The molecule has 1 amide bonds. The van der Waals surface area contributed by atoms with E-state index in [1.165, 1.54) is 18.2 Å². The molecule has 1 aromatic rings. The zero-order valence-electron chi connectivity index (χ0n) is 13.7. The van der Waals surface area contributed by atoms with Gasteiger partial charge < -0.3 is 10.1 Å². The fourth-order valence-electron chi connectivity index (χ4n) is 3.02. The lowest BCUT2D eigenvalue weighted by Crippen LogP contribution is -2.49. The Morgan fingerprint density at radius 2 is 2.08 bits per heavy atom. The summed E-state index contributed by atoms with van der Waals surface area (Å²) in [6, 6.07) is 5.66. The molecule has 0 bridgehead atoms. The maximum atomic E-state index is 12.4. The second-order valence-electron chi connectivity index (χ2n) is 5.92. The van der Waals surface area contributed by atoms with Gasteiger partial charge in [-0.25, -0.2) is 0 Å². The lowest BCUT2D eigenvalue weighted by Gasteiger charge is -2.34. The zero-order chi connectivity index (χ0) is 17.6. The highest BCUT2D eigenvalue weighted by Gasteiger charge is 2.32. The van der Waals surface area contributed by atoms with Gasteiger partial charge >= 0.3 is 6.36 Å².